The number of pyridine rings is 1. The molecular formula is C19H19N5O2S2. The van der Waals surface area contributed by atoms with Crippen molar-refractivity contribution in [1.82, 2.24) is 14.7 Å². The minimum absolute atomic E-state index is 0.179. The van der Waals surface area contributed by atoms with Crippen LogP contribution in [0.4, 0.5) is 5.69 Å². The number of aromatic nitrogens is 1. The molecule has 144 valence electrons. The van der Waals surface area contributed by atoms with E-state index in [-0.39, 0.29) is 10.0 Å². The number of hydrogen-bond acceptors (Lipinski definition) is 5. The second-order valence-corrected chi connectivity index (χ2v) is 8.66. The third-order valence-corrected chi connectivity index (χ3v) is 5.88. The topological polar surface area (TPSA) is 86.7 Å². The van der Waals surface area contributed by atoms with Gasteiger partial charge in [0.1, 0.15) is 0 Å². The van der Waals surface area contributed by atoms with E-state index in [0.29, 0.717) is 5.69 Å². The van der Waals surface area contributed by atoms with Crippen LogP contribution in [0.1, 0.15) is 5.56 Å². The van der Waals surface area contributed by atoms with Gasteiger partial charge in [0.2, 0.25) is 10.0 Å². The predicted octanol–water partition coefficient (Wildman–Crippen LogP) is 2.81. The first-order chi connectivity index (χ1) is 13.4. The zero-order chi connectivity index (χ0) is 20.1. The Bertz CT molecular complexity index is 1140. The summed E-state index contributed by atoms with van der Waals surface area (Å²) in [6.07, 6.45) is 3.40. The van der Waals surface area contributed by atoms with Crippen LogP contribution in [0.25, 0.3) is 10.9 Å². The van der Waals surface area contributed by atoms with E-state index in [9.17, 15) is 8.42 Å². The average Bonchev–Trinajstić information content (AvgIpc) is 2.68. The lowest BCUT2D eigenvalue weighted by Crippen LogP contribution is -2.25. The smallest absolute Gasteiger partial charge is 0.242 e. The number of nitrogens with zero attached hydrogens (tertiary/aromatic N) is 3. The highest BCUT2D eigenvalue weighted by atomic mass is 32.2. The summed E-state index contributed by atoms with van der Waals surface area (Å²) in [5, 5.41) is 8.31. The molecule has 0 fully saturated rings. The van der Waals surface area contributed by atoms with Crippen LogP contribution >= 0.6 is 12.2 Å². The van der Waals surface area contributed by atoms with Crippen molar-refractivity contribution in [2.24, 2.45) is 5.10 Å². The molecule has 0 aliphatic rings. The zero-order valence-electron chi connectivity index (χ0n) is 15.3. The molecule has 1 heterocycles. The van der Waals surface area contributed by atoms with E-state index in [2.05, 4.69) is 20.8 Å². The molecule has 0 bridgehead atoms. The van der Waals surface area contributed by atoms with Gasteiger partial charge in [0.15, 0.2) is 5.11 Å². The van der Waals surface area contributed by atoms with Crippen molar-refractivity contribution in [1.29, 1.82) is 0 Å². The third-order valence-electron chi connectivity index (χ3n) is 3.88. The van der Waals surface area contributed by atoms with Crippen molar-refractivity contribution in [3.05, 3.63) is 66.4 Å². The van der Waals surface area contributed by atoms with Crippen molar-refractivity contribution in [2.45, 2.75) is 4.90 Å². The monoisotopic (exact) mass is 413 g/mol. The molecule has 0 saturated heterocycles. The van der Waals surface area contributed by atoms with Gasteiger partial charge in [0.05, 0.1) is 16.6 Å². The highest BCUT2D eigenvalue weighted by Crippen LogP contribution is 2.18. The number of benzene rings is 2. The van der Waals surface area contributed by atoms with Crippen molar-refractivity contribution in [2.75, 3.05) is 19.4 Å². The number of sulfonamides is 1. The fourth-order valence-corrected chi connectivity index (χ4v) is 3.56. The summed E-state index contributed by atoms with van der Waals surface area (Å²) in [6.45, 7) is 0. The highest BCUT2D eigenvalue weighted by molar-refractivity contribution is 7.89. The Morgan fingerprint density at radius 3 is 2.75 bits per heavy atom. The van der Waals surface area contributed by atoms with Crippen molar-refractivity contribution < 1.29 is 8.42 Å². The Morgan fingerprint density at radius 1 is 1.14 bits per heavy atom. The Kier molecular flexibility index (Phi) is 5.98. The second-order valence-electron chi connectivity index (χ2n) is 6.09. The summed E-state index contributed by atoms with van der Waals surface area (Å²) in [7, 11) is -0.541. The molecular weight excluding hydrogens is 394 g/mol. The maximum Gasteiger partial charge on any atom is 0.242 e. The van der Waals surface area contributed by atoms with Crippen molar-refractivity contribution in [3.8, 4) is 0 Å². The van der Waals surface area contributed by atoms with E-state index in [0.717, 1.165) is 20.8 Å². The second kappa shape index (κ2) is 8.42. The third kappa shape index (κ3) is 4.69. The van der Waals surface area contributed by atoms with Gasteiger partial charge < -0.3 is 5.32 Å². The van der Waals surface area contributed by atoms with E-state index in [4.69, 9.17) is 12.2 Å². The van der Waals surface area contributed by atoms with E-state index in [1.165, 1.54) is 26.2 Å². The van der Waals surface area contributed by atoms with Crippen molar-refractivity contribution >= 4 is 50.2 Å². The molecule has 0 unspecified atom stereocenters. The first kappa shape index (κ1) is 19.9. The van der Waals surface area contributed by atoms with Crippen LogP contribution in [-0.4, -0.2) is 43.1 Å². The Hall–Kier alpha value is -2.88. The van der Waals surface area contributed by atoms with Crippen LogP contribution in [0.5, 0.6) is 0 Å². The molecule has 9 heteroatoms. The molecule has 7 nitrogen and oxygen atoms in total. The summed E-state index contributed by atoms with van der Waals surface area (Å²) in [5.41, 5.74) is 5.08. The average molecular weight is 414 g/mol. The fourth-order valence-electron chi connectivity index (χ4n) is 2.44. The molecule has 2 aromatic carbocycles. The minimum Gasteiger partial charge on any atom is -0.331 e. The summed E-state index contributed by atoms with van der Waals surface area (Å²) in [6, 6.07) is 16.1. The maximum absolute atomic E-state index is 12.2. The SMILES string of the molecule is CN(C)S(=O)(=O)c1cccc(NC(=S)NN=Cc2ccc3ncccc3c2)c1. The number of nitrogens with one attached hydrogen (secondary N) is 2. The molecule has 28 heavy (non-hydrogen) atoms. The zero-order valence-corrected chi connectivity index (χ0v) is 17.0. The summed E-state index contributed by atoms with van der Waals surface area (Å²) in [4.78, 5) is 4.46. The summed E-state index contributed by atoms with van der Waals surface area (Å²) >= 11 is 5.21. The lowest BCUT2D eigenvalue weighted by molar-refractivity contribution is 0.521. The lowest BCUT2D eigenvalue weighted by Gasteiger charge is -2.13. The molecule has 0 saturated carbocycles. The minimum atomic E-state index is -3.51. The Morgan fingerprint density at radius 2 is 1.96 bits per heavy atom. The number of hydrazone groups is 1. The number of fused-ring (bicyclic) bond motifs is 1. The fraction of sp³-hybridized carbons (Fsp3) is 0.105. The van der Waals surface area contributed by atoms with Gasteiger partial charge in [-0.3, -0.25) is 10.4 Å². The summed E-state index contributed by atoms with van der Waals surface area (Å²) in [5.74, 6) is 0. The highest BCUT2D eigenvalue weighted by Gasteiger charge is 2.17. The Labute approximate surface area is 169 Å². The van der Waals surface area contributed by atoms with Crippen molar-refractivity contribution in [3.63, 3.8) is 0 Å². The first-order valence-corrected chi connectivity index (χ1v) is 10.2. The maximum atomic E-state index is 12.2. The summed E-state index contributed by atoms with van der Waals surface area (Å²) < 4.78 is 25.6. The van der Waals surface area contributed by atoms with Crippen LogP contribution in [0.15, 0.2) is 70.8 Å². The molecule has 0 aliphatic carbocycles. The van der Waals surface area contributed by atoms with Gasteiger partial charge in [0, 0.05) is 31.4 Å². The predicted molar refractivity (Wildman–Crippen MR) is 116 cm³/mol. The van der Waals surface area contributed by atoms with Crippen LogP contribution in [0.2, 0.25) is 0 Å². The molecule has 2 N–H and O–H groups in total. The molecule has 0 atom stereocenters. The number of hydrogen-bond donors (Lipinski definition) is 2. The molecule has 0 spiro atoms. The van der Waals surface area contributed by atoms with E-state index in [1.54, 1.807) is 24.5 Å². The Balaban J connectivity index is 1.65. The molecule has 0 radical (unpaired) electrons. The first-order valence-electron chi connectivity index (χ1n) is 8.34. The van der Waals surface area contributed by atoms with Crippen LogP contribution < -0.4 is 10.7 Å². The van der Waals surface area contributed by atoms with E-state index >= 15 is 0 Å². The number of thiocarbonyl (C=S) groups is 1. The molecule has 0 aliphatic heterocycles. The normalized spacial score (nSPS) is 11.8. The molecule has 3 rings (SSSR count). The van der Waals surface area contributed by atoms with Crippen LogP contribution in [0, 0.1) is 0 Å². The van der Waals surface area contributed by atoms with Gasteiger partial charge in [-0.15, -0.1) is 0 Å². The van der Waals surface area contributed by atoms with E-state index < -0.39 is 10.0 Å². The molecule has 1 aromatic heterocycles. The van der Waals surface area contributed by atoms with Gasteiger partial charge in [-0.2, -0.15) is 5.10 Å². The number of anilines is 1. The van der Waals surface area contributed by atoms with Crippen LogP contribution in [0.3, 0.4) is 0 Å². The number of rotatable bonds is 5. The van der Waals surface area contributed by atoms with Crippen LogP contribution in [-0.2, 0) is 10.0 Å². The van der Waals surface area contributed by atoms with Gasteiger partial charge in [-0.05, 0) is 54.2 Å². The van der Waals surface area contributed by atoms with Gasteiger partial charge in [0.25, 0.3) is 0 Å². The molecule has 3 aromatic rings. The lowest BCUT2D eigenvalue weighted by atomic mass is 10.1. The quantitative estimate of drug-likeness (QED) is 0.380. The van der Waals surface area contributed by atoms with E-state index in [1.807, 2.05) is 30.3 Å². The molecule has 0 amide bonds. The van der Waals surface area contributed by atoms with Gasteiger partial charge in [-0.25, -0.2) is 12.7 Å². The standard InChI is InChI=1S/C19H19N5O2S2/c1-24(2)28(25,26)17-7-3-6-16(12-17)22-19(27)23-21-13-14-8-9-18-15(11-14)5-4-10-20-18/h3-13H,1-2H3,(H2,22,23,27). The largest absolute Gasteiger partial charge is 0.331 e. The van der Waals surface area contributed by atoms with Gasteiger partial charge in [-0.1, -0.05) is 18.2 Å². The van der Waals surface area contributed by atoms with Gasteiger partial charge >= 0.3 is 0 Å².